The van der Waals surface area contributed by atoms with Gasteiger partial charge in [-0.3, -0.25) is 4.79 Å². The van der Waals surface area contributed by atoms with E-state index < -0.39 is 5.97 Å². The Hall–Kier alpha value is -0.680. The number of carbonyl (C=O) groups excluding carboxylic acids is 2. The normalized spacial score (nSPS) is 9.77. The third-order valence-corrected chi connectivity index (χ3v) is 3.36. The number of Topliss-reactive ketones (excluding diaryl/α,β-unsaturated/α-hetero) is 1. The SMILES string of the molecule is COC(=O)c1scc(Br)c1C(C)=O. The van der Waals surface area contributed by atoms with Crippen LogP contribution in [0.2, 0.25) is 0 Å². The Morgan fingerprint density at radius 2 is 2.15 bits per heavy atom. The van der Waals surface area contributed by atoms with E-state index in [2.05, 4.69) is 20.7 Å². The van der Waals surface area contributed by atoms with Gasteiger partial charge in [0.1, 0.15) is 4.88 Å². The second-order valence-electron chi connectivity index (χ2n) is 2.34. The number of carbonyl (C=O) groups is 2. The van der Waals surface area contributed by atoms with E-state index >= 15 is 0 Å². The third kappa shape index (κ3) is 1.97. The number of hydrogen-bond acceptors (Lipinski definition) is 4. The number of rotatable bonds is 2. The van der Waals surface area contributed by atoms with Crippen molar-refractivity contribution in [2.75, 3.05) is 7.11 Å². The molecule has 0 radical (unpaired) electrons. The number of halogens is 1. The summed E-state index contributed by atoms with van der Waals surface area (Å²) in [4.78, 5) is 22.7. The minimum atomic E-state index is -0.471. The molecule has 0 fully saturated rings. The van der Waals surface area contributed by atoms with Crippen LogP contribution in [0.4, 0.5) is 0 Å². The van der Waals surface area contributed by atoms with Crippen LogP contribution in [0, 0.1) is 0 Å². The van der Waals surface area contributed by atoms with Gasteiger partial charge >= 0.3 is 5.97 Å². The molecule has 0 aliphatic heterocycles. The lowest BCUT2D eigenvalue weighted by Gasteiger charge is -1.98. The molecule has 0 saturated heterocycles. The summed E-state index contributed by atoms with van der Waals surface area (Å²) in [5.74, 6) is -0.616. The Morgan fingerprint density at radius 1 is 1.54 bits per heavy atom. The summed E-state index contributed by atoms with van der Waals surface area (Å²) in [5, 5.41) is 1.70. The van der Waals surface area contributed by atoms with Gasteiger partial charge in [0, 0.05) is 9.85 Å². The van der Waals surface area contributed by atoms with Crippen molar-refractivity contribution < 1.29 is 14.3 Å². The van der Waals surface area contributed by atoms with E-state index in [1.165, 1.54) is 25.4 Å². The van der Waals surface area contributed by atoms with E-state index in [9.17, 15) is 9.59 Å². The van der Waals surface area contributed by atoms with Crippen LogP contribution in [0.5, 0.6) is 0 Å². The number of hydrogen-bond donors (Lipinski definition) is 0. The number of ether oxygens (including phenoxy) is 1. The number of thiophene rings is 1. The van der Waals surface area contributed by atoms with Crippen LogP contribution in [0.1, 0.15) is 27.0 Å². The van der Waals surface area contributed by atoms with Crippen molar-refractivity contribution in [3.63, 3.8) is 0 Å². The van der Waals surface area contributed by atoms with Gasteiger partial charge in [0.2, 0.25) is 0 Å². The first kappa shape index (κ1) is 10.4. The molecule has 0 saturated carbocycles. The molecule has 0 amide bonds. The third-order valence-electron chi connectivity index (χ3n) is 1.47. The molecule has 70 valence electrons. The molecule has 0 aromatic carbocycles. The van der Waals surface area contributed by atoms with Gasteiger partial charge in [-0.1, -0.05) is 0 Å². The Bertz CT molecular complexity index is 356. The summed E-state index contributed by atoms with van der Waals surface area (Å²) in [5.41, 5.74) is 0.400. The Morgan fingerprint density at radius 3 is 2.62 bits per heavy atom. The summed E-state index contributed by atoms with van der Waals surface area (Å²) in [6.07, 6.45) is 0. The maximum absolute atomic E-state index is 11.2. The summed E-state index contributed by atoms with van der Waals surface area (Å²) in [6.45, 7) is 1.42. The van der Waals surface area contributed by atoms with Crippen molar-refractivity contribution in [3.8, 4) is 0 Å². The Kier molecular flexibility index (Phi) is 3.22. The van der Waals surface area contributed by atoms with Crippen LogP contribution in [-0.2, 0) is 4.74 Å². The van der Waals surface area contributed by atoms with E-state index in [1.54, 1.807) is 5.38 Å². The first-order valence-corrected chi connectivity index (χ1v) is 5.11. The predicted octanol–water partition coefficient (Wildman–Crippen LogP) is 2.50. The van der Waals surface area contributed by atoms with Gasteiger partial charge < -0.3 is 4.74 Å². The topological polar surface area (TPSA) is 43.4 Å². The lowest BCUT2D eigenvalue weighted by atomic mass is 10.2. The van der Waals surface area contributed by atoms with Crippen molar-refractivity contribution in [1.82, 2.24) is 0 Å². The van der Waals surface area contributed by atoms with Crippen LogP contribution < -0.4 is 0 Å². The predicted molar refractivity (Wildman–Crippen MR) is 53.4 cm³/mol. The van der Waals surface area contributed by atoms with Crippen molar-refractivity contribution in [2.24, 2.45) is 0 Å². The standard InChI is InChI=1S/C8H7BrO3S/c1-4(10)6-5(9)3-13-7(6)8(11)12-2/h3H,1-2H3. The molecule has 0 aliphatic carbocycles. The molecule has 1 aromatic rings. The first-order chi connectivity index (χ1) is 6.07. The lowest BCUT2D eigenvalue weighted by molar-refractivity contribution is 0.0603. The van der Waals surface area contributed by atoms with Gasteiger partial charge in [-0.2, -0.15) is 0 Å². The largest absolute Gasteiger partial charge is 0.465 e. The van der Waals surface area contributed by atoms with Crippen LogP contribution in [0.25, 0.3) is 0 Å². The number of methoxy groups -OCH3 is 1. The number of esters is 1. The van der Waals surface area contributed by atoms with Crippen molar-refractivity contribution in [2.45, 2.75) is 6.92 Å². The van der Waals surface area contributed by atoms with Gasteiger partial charge in [-0.05, 0) is 22.9 Å². The smallest absolute Gasteiger partial charge is 0.348 e. The summed E-state index contributed by atoms with van der Waals surface area (Å²) < 4.78 is 5.18. The fourth-order valence-corrected chi connectivity index (χ4v) is 2.69. The average Bonchev–Trinajstić information content (AvgIpc) is 2.45. The van der Waals surface area contributed by atoms with Crippen molar-refractivity contribution in [3.05, 3.63) is 20.3 Å². The van der Waals surface area contributed by atoms with Gasteiger partial charge in [-0.25, -0.2) is 4.79 Å². The maximum Gasteiger partial charge on any atom is 0.348 e. The lowest BCUT2D eigenvalue weighted by Crippen LogP contribution is -2.04. The summed E-state index contributed by atoms with van der Waals surface area (Å²) in [6, 6.07) is 0. The summed E-state index contributed by atoms with van der Waals surface area (Å²) in [7, 11) is 1.29. The van der Waals surface area contributed by atoms with Crippen LogP contribution in [0.15, 0.2) is 9.85 Å². The maximum atomic E-state index is 11.2. The Labute approximate surface area is 87.8 Å². The fraction of sp³-hybridized carbons (Fsp3) is 0.250. The monoisotopic (exact) mass is 262 g/mol. The Balaban J connectivity index is 3.22. The highest BCUT2D eigenvalue weighted by atomic mass is 79.9. The molecule has 3 nitrogen and oxygen atoms in total. The molecular formula is C8H7BrO3S. The number of ketones is 1. The van der Waals surface area contributed by atoms with Gasteiger partial charge in [0.25, 0.3) is 0 Å². The fourth-order valence-electron chi connectivity index (χ4n) is 0.908. The van der Waals surface area contributed by atoms with Crippen LogP contribution in [0.3, 0.4) is 0 Å². The first-order valence-electron chi connectivity index (χ1n) is 3.44. The van der Waals surface area contributed by atoms with Crippen LogP contribution >= 0.6 is 27.3 Å². The van der Waals surface area contributed by atoms with Gasteiger partial charge in [0.15, 0.2) is 5.78 Å². The van der Waals surface area contributed by atoms with E-state index in [-0.39, 0.29) is 5.78 Å². The summed E-state index contributed by atoms with van der Waals surface area (Å²) >= 11 is 4.39. The molecular weight excluding hydrogens is 256 g/mol. The molecule has 0 unspecified atom stereocenters. The van der Waals surface area contributed by atoms with E-state index in [1.807, 2.05) is 0 Å². The van der Waals surface area contributed by atoms with Crippen molar-refractivity contribution in [1.29, 1.82) is 0 Å². The average molecular weight is 263 g/mol. The van der Waals surface area contributed by atoms with Crippen LogP contribution in [-0.4, -0.2) is 18.9 Å². The van der Waals surface area contributed by atoms with E-state index in [0.717, 1.165) is 0 Å². The minimum absolute atomic E-state index is 0.145. The molecule has 1 heterocycles. The molecule has 1 rings (SSSR count). The second kappa shape index (κ2) is 4.02. The van der Waals surface area contributed by atoms with E-state index in [4.69, 9.17) is 0 Å². The zero-order valence-corrected chi connectivity index (χ0v) is 9.49. The highest BCUT2D eigenvalue weighted by molar-refractivity contribution is 9.10. The zero-order chi connectivity index (χ0) is 10.0. The molecule has 0 spiro atoms. The van der Waals surface area contributed by atoms with Crippen molar-refractivity contribution >= 4 is 39.0 Å². The minimum Gasteiger partial charge on any atom is -0.465 e. The molecule has 5 heteroatoms. The second-order valence-corrected chi connectivity index (χ2v) is 4.07. The van der Waals surface area contributed by atoms with E-state index in [0.29, 0.717) is 14.9 Å². The molecule has 13 heavy (non-hydrogen) atoms. The zero-order valence-electron chi connectivity index (χ0n) is 7.09. The highest BCUT2D eigenvalue weighted by Crippen LogP contribution is 2.28. The molecule has 0 aliphatic rings. The molecule has 1 aromatic heterocycles. The quantitative estimate of drug-likeness (QED) is 0.608. The highest BCUT2D eigenvalue weighted by Gasteiger charge is 2.20. The van der Waals surface area contributed by atoms with Gasteiger partial charge in [0.05, 0.1) is 12.7 Å². The molecule has 0 atom stereocenters. The molecule has 0 bridgehead atoms. The van der Waals surface area contributed by atoms with Gasteiger partial charge in [-0.15, -0.1) is 11.3 Å². The molecule has 0 N–H and O–H groups in total.